The van der Waals surface area contributed by atoms with Crippen molar-refractivity contribution in [3.05, 3.63) is 139 Å². The van der Waals surface area contributed by atoms with Gasteiger partial charge in [-0.25, -0.2) is 0 Å². The van der Waals surface area contributed by atoms with E-state index in [2.05, 4.69) is 104 Å². The summed E-state index contributed by atoms with van der Waals surface area (Å²) in [4.78, 5) is 125. The third-order valence-electron chi connectivity index (χ3n) is 11.8. The minimum Gasteiger partial charge on any atom is -0.380 e. The van der Waals surface area contributed by atoms with E-state index in [1.807, 2.05) is 0 Å². The van der Waals surface area contributed by atoms with Gasteiger partial charge in [0, 0.05) is 58.5 Å². The first-order chi connectivity index (χ1) is 44.7. The summed E-state index contributed by atoms with van der Waals surface area (Å²) in [6, 6.07) is 0. The van der Waals surface area contributed by atoms with Crippen LogP contribution in [-0.4, -0.2) is 209 Å². The van der Waals surface area contributed by atoms with Crippen molar-refractivity contribution in [1.82, 2.24) is 31.9 Å². The van der Waals surface area contributed by atoms with E-state index in [0.717, 1.165) is 24.3 Å². The Morgan fingerprint density at radius 3 is 0.957 bits per heavy atom. The van der Waals surface area contributed by atoms with Crippen molar-refractivity contribution in [3.8, 4) is 0 Å². The zero-order valence-electron chi connectivity index (χ0n) is 54.0. The summed E-state index contributed by atoms with van der Waals surface area (Å²) in [5.74, 6) is -2.64. The van der Waals surface area contributed by atoms with Crippen LogP contribution in [0.2, 0.25) is 0 Å². The molecule has 0 saturated carbocycles. The molecule has 0 aromatic carbocycles. The highest BCUT2D eigenvalue weighted by Gasteiger charge is 2.34. The van der Waals surface area contributed by atoms with Crippen LogP contribution in [0.25, 0.3) is 0 Å². The molecule has 6 amide bonds. The summed E-state index contributed by atoms with van der Waals surface area (Å²) in [6.07, 6.45) is 17.3. The third kappa shape index (κ3) is 55.3. The number of unbranched alkanes of at least 4 members (excludes halogenated alkanes) is 2. The molecule has 520 valence electrons. The van der Waals surface area contributed by atoms with Crippen LogP contribution in [0.5, 0.6) is 0 Å². The van der Waals surface area contributed by atoms with Gasteiger partial charge in [0.2, 0.25) is 35.4 Å². The van der Waals surface area contributed by atoms with Gasteiger partial charge in [-0.3, -0.25) is 52.7 Å². The standard InChI is InChI=1S/C27H42N2O7.C22H33N3O8.C17H25NO6/c1-5-23(30)14-9-11-17-34-20-27(29-26(33)8-4,21-35-18-12-10-15-24(31)6-2)22-36-19-13-16-28-25(32)7-3;1-5-18(26)9-10-30-11-22(12-31-15-23-19(27)6-2,13-32-16-24-20(28)7-3)14-33-17-25-21(29)8-4;1-4-14(19)7-9-22-11-16(24-13-18-17(21)6-3)12-23-10-8-15(20)5-2/h5-8H,1-4,9-22H2,(H,28,32)(H,29,33);5-8H,1-4,9-17H2,(H,23,27)(H,24,28)(H,25,29);4-6,16H,1-3,7-13H2,(H,18,21). The maximum Gasteiger partial charge on any atom is 0.245 e. The second kappa shape index (κ2) is 61.4. The van der Waals surface area contributed by atoms with Gasteiger partial charge >= 0.3 is 0 Å². The molecule has 0 aliphatic heterocycles. The summed E-state index contributed by atoms with van der Waals surface area (Å²) in [6.45, 7) is 40.1. The summed E-state index contributed by atoms with van der Waals surface area (Å²) >= 11 is 0. The molecule has 0 saturated heterocycles. The fourth-order valence-electron chi connectivity index (χ4n) is 6.64. The molecule has 0 fully saturated rings. The Balaban J connectivity index is -0.00000133. The number of hydrogen-bond acceptors (Lipinski definition) is 21. The van der Waals surface area contributed by atoms with Gasteiger partial charge in [-0.1, -0.05) is 72.4 Å². The summed E-state index contributed by atoms with van der Waals surface area (Å²) in [5, 5.41) is 15.5. The summed E-state index contributed by atoms with van der Waals surface area (Å²) in [5.41, 5.74) is -1.88. The lowest BCUT2D eigenvalue weighted by Crippen LogP contribution is -2.58. The monoisotopic (exact) mass is 1310 g/mol. The van der Waals surface area contributed by atoms with Crippen LogP contribution in [0, 0.1) is 5.41 Å². The molecule has 0 rings (SSSR count). The number of ketones is 5. The molecule has 0 aromatic rings. The van der Waals surface area contributed by atoms with Crippen LogP contribution in [0.3, 0.4) is 0 Å². The lowest BCUT2D eigenvalue weighted by Gasteiger charge is -2.34. The zero-order chi connectivity index (χ0) is 70.2. The van der Waals surface area contributed by atoms with E-state index >= 15 is 0 Å². The number of carbonyl (C=O) groups excluding carboxylic acids is 11. The number of allylic oxidation sites excluding steroid dienone is 5. The molecule has 0 spiro atoms. The number of ether oxygens (including phenoxy) is 10. The van der Waals surface area contributed by atoms with Gasteiger partial charge in [0.15, 0.2) is 28.9 Å². The molecular formula is C66H100N6O21. The Hall–Kier alpha value is -8.09. The van der Waals surface area contributed by atoms with Gasteiger partial charge < -0.3 is 79.3 Å². The van der Waals surface area contributed by atoms with E-state index in [9.17, 15) is 52.7 Å². The maximum atomic E-state index is 12.2. The van der Waals surface area contributed by atoms with Gasteiger partial charge in [-0.2, -0.15) is 0 Å². The average molecular weight is 1310 g/mol. The largest absolute Gasteiger partial charge is 0.380 e. The van der Waals surface area contributed by atoms with Crippen LogP contribution in [0.15, 0.2) is 139 Å². The number of hydrogen-bond donors (Lipinski definition) is 6. The molecule has 0 atom stereocenters. The SMILES string of the molecule is C=CC(=O)CCCCOCC(COCCCCC(=O)C=C)(COCCCNC(=O)C=C)NC(=O)C=C.C=CC(=O)CCOCC(COCCC(=O)C=C)OCNC(=O)C=C.C=CC(=O)CCOCC(COCNC(=O)C=C)(COCNC(=O)C=C)COCNC(=O)C=C. The Bertz CT molecular complexity index is 2150. The predicted octanol–water partition coefficient (Wildman–Crippen LogP) is 3.54. The second-order valence-corrected chi connectivity index (χ2v) is 19.6. The highest BCUT2D eigenvalue weighted by molar-refractivity contribution is 5.91. The van der Waals surface area contributed by atoms with Gasteiger partial charge in [0.25, 0.3) is 0 Å². The topological polar surface area (TPSA) is 352 Å². The van der Waals surface area contributed by atoms with E-state index in [1.54, 1.807) is 0 Å². The normalized spacial score (nSPS) is 10.5. The molecule has 27 nitrogen and oxygen atoms in total. The van der Waals surface area contributed by atoms with E-state index in [4.69, 9.17) is 47.4 Å². The van der Waals surface area contributed by atoms with Crippen molar-refractivity contribution >= 4 is 64.4 Å². The lowest BCUT2D eigenvalue weighted by molar-refractivity contribution is -0.129. The number of rotatable bonds is 62. The first-order valence-electron chi connectivity index (χ1n) is 29.7. The van der Waals surface area contributed by atoms with Crippen LogP contribution in [-0.2, 0) is 100 Å². The zero-order valence-corrected chi connectivity index (χ0v) is 54.0. The first kappa shape index (κ1) is 89.1. The molecule has 0 aliphatic carbocycles. The molecule has 0 bridgehead atoms. The van der Waals surface area contributed by atoms with Gasteiger partial charge in [-0.15, -0.1) is 0 Å². The average Bonchev–Trinajstić information content (AvgIpc) is 2.33. The number of carbonyl (C=O) groups is 11. The van der Waals surface area contributed by atoms with E-state index in [0.29, 0.717) is 71.3 Å². The fraction of sp³-hybridized carbons (Fsp3) is 0.500. The molecule has 93 heavy (non-hydrogen) atoms. The van der Waals surface area contributed by atoms with Crippen molar-refractivity contribution in [3.63, 3.8) is 0 Å². The Kier molecular flexibility index (Phi) is 58.8. The highest BCUT2D eigenvalue weighted by Crippen LogP contribution is 2.21. The van der Waals surface area contributed by atoms with Gasteiger partial charge in [0.1, 0.15) is 38.6 Å². The van der Waals surface area contributed by atoms with Crippen LogP contribution in [0.4, 0.5) is 0 Å². The smallest absolute Gasteiger partial charge is 0.245 e. The predicted molar refractivity (Wildman–Crippen MR) is 349 cm³/mol. The Morgan fingerprint density at radius 2 is 0.602 bits per heavy atom. The number of amides is 6. The molecule has 0 aliphatic rings. The van der Waals surface area contributed by atoms with Crippen molar-refractivity contribution in [2.24, 2.45) is 5.41 Å². The molecule has 0 aromatic heterocycles. The fourth-order valence-corrected chi connectivity index (χ4v) is 6.64. The van der Waals surface area contributed by atoms with Crippen LogP contribution < -0.4 is 31.9 Å². The summed E-state index contributed by atoms with van der Waals surface area (Å²) in [7, 11) is 0. The summed E-state index contributed by atoms with van der Waals surface area (Å²) < 4.78 is 56.0. The Morgan fingerprint density at radius 1 is 0.301 bits per heavy atom. The van der Waals surface area contributed by atoms with Gasteiger partial charge in [-0.05, 0) is 98.9 Å². The molecule has 0 unspecified atom stereocenters. The van der Waals surface area contributed by atoms with Crippen LogP contribution >= 0.6 is 0 Å². The molecule has 0 heterocycles. The lowest BCUT2D eigenvalue weighted by atomic mass is 9.92. The minimum atomic E-state index is -0.969. The van der Waals surface area contributed by atoms with E-state index in [-0.39, 0.29) is 166 Å². The van der Waals surface area contributed by atoms with Crippen LogP contribution in [0.1, 0.15) is 64.2 Å². The van der Waals surface area contributed by atoms with Crippen molar-refractivity contribution in [1.29, 1.82) is 0 Å². The highest BCUT2D eigenvalue weighted by atomic mass is 16.6. The maximum absolute atomic E-state index is 12.2. The third-order valence-corrected chi connectivity index (χ3v) is 11.8. The first-order valence-corrected chi connectivity index (χ1v) is 29.7. The Labute approximate surface area is 547 Å². The van der Waals surface area contributed by atoms with Crippen molar-refractivity contribution in [2.75, 3.05) is 133 Å². The number of nitrogens with one attached hydrogen (secondary N) is 6. The van der Waals surface area contributed by atoms with Crippen molar-refractivity contribution < 1.29 is 100 Å². The van der Waals surface area contributed by atoms with Gasteiger partial charge in [0.05, 0.1) is 84.7 Å². The molecule has 0 radical (unpaired) electrons. The van der Waals surface area contributed by atoms with E-state index in [1.165, 1.54) is 42.5 Å². The quantitative estimate of drug-likeness (QED) is 0.0288. The molecule has 27 heteroatoms. The molecular weight excluding hydrogens is 1210 g/mol. The minimum absolute atomic E-state index is 0.0107. The molecule has 6 N–H and O–H groups in total. The second-order valence-electron chi connectivity index (χ2n) is 19.6. The van der Waals surface area contributed by atoms with Crippen molar-refractivity contribution in [2.45, 2.75) is 75.9 Å². The van der Waals surface area contributed by atoms with E-state index < -0.39 is 40.7 Å².